The zero-order valence-corrected chi connectivity index (χ0v) is 9.78. The monoisotopic (exact) mass is 192 g/mol. The van der Waals surface area contributed by atoms with Crippen molar-refractivity contribution >= 4 is 6.01 Å². The molecule has 1 aromatic rings. The Balaban J connectivity index is 0. The van der Waals surface area contributed by atoms with Crippen molar-refractivity contribution in [2.45, 2.75) is 20.8 Å². The highest BCUT2D eigenvalue weighted by Gasteiger charge is 1.72. The van der Waals surface area contributed by atoms with E-state index in [2.05, 4.69) is 35.0 Å². The van der Waals surface area contributed by atoms with Gasteiger partial charge in [0.1, 0.15) is 0 Å². The van der Waals surface area contributed by atoms with Gasteiger partial charge in [-0.05, 0) is 6.92 Å². The van der Waals surface area contributed by atoms with Crippen LogP contribution in [0.4, 0.5) is 0 Å². The first-order chi connectivity index (χ1) is 6.81. The van der Waals surface area contributed by atoms with Gasteiger partial charge in [-0.2, -0.15) is 0 Å². The topological polar surface area (TPSA) is 24.7 Å². The number of benzene rings is 1. The summed E-state index contributed by atoms with van der Waals surface area (Å²) < 4.78 is 0. The molecule has 2 heteroatoms. The molecule has 2 nitrogen and oxygen atoms in total. The summed E-state index contributed by atoms with van der Waals surface area (Å²) in [6.45, 7) is 6.08. The molecule has 0 amide bonds. The Hall–Kier alpha value is -1.40. The first kappa shape index (κ1) is 15.1. The molecule has 0 radical (unpaired) electrons. The van der Waals surface area contributed by atoms with Crippen molar-refractivity contribution < 1.29 is 0 Å². The van der Waals surface area contributed by atoms with Crippen LogP contribution >= 0.6 is 0 Å². The van der Waals surface area contributed by atoms with Gasteiger partial charge in [-0.3, -0.25) is 0 Å². The van der Waals surface area contributed by atoms with Gasteiger partial charge in [-0.1, -0.05) is 49.7 Å². The van der Waals surface area contributed by atoms with E-state index in [9.17, 15) is 0 Å². The highest BCUT2D eigenvalue weighted by molar-refractivity contribution is 5.39. The maximum Gasteiger partial charge on any atom is 0.0886 e. The average molecular weight is 192 g/mol. The molecule has 14 heavy (non-hydrogen) atoms. The molecule has 0 fully saturated rings. The Morgan fingerprint density at radius 1 is 0.929 bits per heavy atom. The lowest BCUT2D eigenvalue weighted by molar-refractivity contribution is 1.41. The van der Waals surface area contributed by atoms with E-state index in [0.717, 1.165) is 0 Å². The zero-order valence-electron chi connectivity index (χ0n) is 9.78. The van der Waals surface area contributed by atoms with Gasteiger partial charge in [-0.15, -0.1) is 0 Å². The molecule has 0 aliphatic rings. The molecule has 0 heterocycles. The molecule has 0 saturated carbocycles. The molecule has 0 aromatic heterocycles. The highest BCUT2D eigenvalue weighted by atomic mass is 14.7. The Morgan fingerprint density at radius 2 is 1.36 bits per heavy atom. The fourth-order valence-corrected chi connectivity index (χ4v) is 0.634. The van der Waals surface area contributed by atoms with E-state index in [4.69, 9.17) is 0 Å². The van der Waals surface area contributed by atoms with Crippen molar-refractivity contribution in [1.29, 1.82) is 0 Å². The third-order valence-electron chi connectivity index (χ3n) is 1.14. The summed E-state index contributed by atoms with van der Waals surface area (Å²) in [5.74, 6) is 0. The lowest BCUT2D eigenvalue weighted by Gasteiger charge is -1.82. The normalized spacial score (nSPS) is 6.64. The smallest absolute Gasteiger partial charge is 0.0886 e. The molecular weight excluding hydrogens is 172 g/mol. The minimum Gasteiger partial charge on any atom is -0.229 e. The van der Waals surface area contributed by atoms with Crippen LogP contribution in [0, 0.1) is 6.92 Å². The van der Waals surface area contributed by atoms with Crippen molar-refractivity contribution in [3.63, 3.8) is 0 Å². The van der Waals surface area contributed by atoms with Gasteiger partial charge in [0.2, 0.25) is 0 Å². The van der Waals surface area contributed by atoms with Crippen LogP contribution in [0.1, 0.15) is 19.4 Å². The van der Waals surface area contributed by atoms with Gasteiger partial charge in [0, 0.05) is 14.1 Å². The quantitative estimate of drug-likeness (QED) is 0.562. The van der Waals surface area contributed by atoms with Crippen molar-refractivity contribution in [3.05, 3.63) is 35.9 Å². The summed E-state index contributed by atoms with van der Waals surface area (Å²) in [7, 11) is 3.26. The van der Waals surface area contributed by atoms with Gasteiger partial charge in [0.05, 0.1) is 6.01 Å². The van der Waals surface area contributed by atoms with Crippen LogP contribution in [0.15, 0.2) is 40.3 Å². The second-order valence-electron chi connectivity index (χ2n) is 2.20. The second kappa shape index (κ2) is 14.1. The predicted molar refractivity (Wildman–Crippen MR) is 64.2 cm³/mol. The Kier molecular flexibility index (Phi) is 15.2. The van der Waals surface area contributed by atoms with Gasteiger partial charge in [0.15, 0.2) is 0 Å². The number of hydrogen-bond acceptors (Lipinski definition) is 2. The third kappa shape index (κ3) is 13.2. The molecular formula is C12H20N2. The molecule has 0 bridgehead atoms. The fourth-order valence-electron chi connectivity index (χ4n) is 0.634. The summed E-state index contributed by atoms with van der Waals surface area (Å²) in [5.41, 5.74) is 1.32. The van der Waals surface area contributed by atoms with Crippen LogP contribution in [0.5, 0.6) is 0 Å². The number of rotatable bonds is 0. The van der Waals surface area contributed by atoms with Crippen LogP contribution in [0.25, 0.3) is 0 Å². The summed E-state index contributed by atoms with van der Waals surface area (Å²) in [4.78, 5) is 6.88. The van der Waals surface area contributed by atoms with Crippen molar-refractivity contribution in [2.75, 3.05) is 14.1 Å². The van der Waals surface area contributed by atoms with E-state index in [1.807, 2.05) is 32.0 Å². The zero-order chi connectivity index (χ0) is 11.2. The van der Waals surface area contributed by atoms with Crippen LogP contribution in [-0.4, -0.2) is 20.1 Å². The second-order valence-corrected chi connectivity index (χ2v) is 2.20. The summed E-state index contributed by atoms with van der Waals surface area (Å²) in [6.07, 6.45) is 0. The SMILES string of the molecule is CC.CN=C=NC.Cc1ccccc1. The molecule has 0 unspecified atom stereocenters. The van der Waals surface area contributed by atoms with Gasteiger partial charge < -0.3 is 0 Å². The van der Waals surface area contributed by atoms with Gasteiger partial charge in [0.25, 0.3) is 0 Å². The fraction of sp³-hybridized carbons (Fsp3) is 0.417. The molecule has 0 saturated heterocycles. The molecule has 0 spiro atoms. The minimum absolute atomic E-state index is 1.32. The molecule has 0 aliphatic carbocycles. The molecule has 1 aromatic carbocycles. The number of nitrogens with zero attached hydrogens (tertiary/aromatic N) is 2. The maximum absolute atomic E-state index is 3.44. The van der Waals surface area contributed by atoms with Crippen LogP contribution in [0.3, 0.4) is 0 Å². The van der Waals surface area contributed by atoms with E-state index in [1.165, 1.54) is 5.56 Å². The Labute approximate surface area is 87.4 Å². The van der Waals surface area contributed by atoms with Crippen LogP contribution in [0.2, 0.25) is 0 Å². The first-order valence-corrected chi connectivity index (χ1v) is 4.75. The third-order valence-corrected chi connectivity index (χ3v) is 1.14. The maximum atomic E-state index is 3.44. The lowest BCUT2D eigenvalue weighted by Crippen LogP contribution is -1.62. The van der Waals surface area contributed by atoms with Crippen molar-refractivity contribution in [3.8, 4) is 0 Å². The Morgan fingerprint density at radius 3 is 1.50 bits per heavy atom. The summed E-state index contributed by atoms with van der Waals surface area (Å²) in [6, 6.07) is 12.6. The summed E-state index contributed by atoms with van der Waals surface area (Å²) in [5, 5.41) is 0. The molecule has 0 aliphatic heterocycles. The summed E-state index contributed by atoms with van der Waals surface area (Å²) >= 11 is 0. The van der Waals surface area contributed by atoms with Crippen molar-refractivity contribution in [1.82, 2.24) is 0 Å². The minimum atomic E-state index is 1.32. The van der Waals surface area contributed by atoms with Gasteiger partial charge in [-0.25, -0.2) is 9.98 Å². The largest absolute Gasteiger partial charge is 0.229 e. The van der Waals surface area contributed by atoms with E-state index in [0.29, 0.717) is 0 Å². The number of aliphatic imine (C=N–C) groups is 2. The molecule has 1 rings (SSSR count). The number of aryl methyl sites for hydroxylation is 1. The highest BCUT2D eigenvalue weighted by Crippen LogP contribution is 1.92. The molecule has 0 N–H and O–H groups in total. The van der Waals surface area contributed by atoms with E-state index < -0.39 is 0 Å². The predicted octanol–water partition coefficient (Wildman–Crippen LogP) is 3.44. The number of hydrogen-bond donors (Lipinski definition) is 0. The van der Waals surface area contributed by atoms with Crippen molar-refractivity contribution in [2.24, 2.45) is 9.98 Å². The van der Waals surface area contributed by atoms with Gasteiger partial charge >= 0.3 is 0 Å². The lowest BCUT2D eigenvalue weighted by atomic mass is 10.2. The van der Waals surface area contributed by atoms with E-state index in [1.54, 1.807) is 14.1 Å². The molecule has 78 valence electrons. The standard InChI is InChI=1S/C7H8.C3H6N2.C2H6/c1-7-5-3-2-4-6-7;1-4-3-5-2;1-2/h2-6H,1H3;1-2H3;1-2H3. The first-order valence-electron chi connectivity index (χ1n) is 4.75. The van der Waals surface area contributed by atoms with Crippen LogP contribution < -0.4 is 0 Å². The van der Waals surface area contributed by atoms with E-state index >= 15 is 0 Å². The molecule has 0 atom stereocenters. The van der Waals surface area contributed by atoms with Crippen LogP contribution in [-0.2, 0) is 0 Å². The van der Waals surface area contributed by atoms with E-state index in [-0.39, 0.29) is 0 Å². The average Bonchev–Trinajstić information content (AvgIpc) is 2.24. The Bertz CT molecular complexity index is 240.